The Morgan fingerprint density at radius 2 is 1.85 bits per heavy atom. The number of non-ortho nitro benzene ring substituents is 1. The summed E-state index contributed by atoms with van der Waals surface area (Å²) in [6.45, 7) is 8.89. The smallest absolute Gasteiger partial charge is 0.270 e. The second-order valence-corrected chi connectivity index (χ2v) is 6.47. The maximum Gasteiger partial charge on any atom is 0.270 e. The summed E-state index contributed by atoms with van der Waals surface area (Å²) < 4.78 is 0. The van der Waals surface area contributed by atoms with E-state index in [1.807, 2.05) is 0 Å². The van der Waals surface area contributed by atoms with Crippen LogP contribution in [0.1, 0.15) is 23.7 Å². The molecule has 9 nitrogen and oxygen atoms in total. The molecule has 1 saturated heterocycles. The quantitative estimate of drug-likeness (QED) is 0.368. The highest BCUT2D eigenvalue weighted by molar-refractivity contribution is 5.96. The van der Waals surface area contributed by atoms with Gasteiger partial charge in [0.2, 0.25) is 5.91 Å². The molecule has 0 unspecified atom stereocenters. The van der Waals surface area contributed by atoms with Gasteiger partial charge < -0.3 is 20.4 Å². The van der Waals surface area contributed by atoms with Gasteiger partial charge in [0, 0.05) is 50.4 Å². The fraction of sp³-hybridized carbons (Fsp3) is 0.556. The summed E-state index contributed by atoms with van der Waals surface area (Å²) in [4.78, 5) is 38.8. The Balaban J connectivity index is 1.61. The molecule has 2 amide bonds. The minimum absolute atomic E-state index is 0.156. The molecule has 1 aromatic rings. The number of piperazine rings is 1. The summed E-state index contributed by atoms with van der Waals surface area (Å²) >= 11 is 0. The van der Waals surface area contributed by atoms with Crippen LogP contribution in [0.15, 0.2) is 24.3 Å². The van der Waals surface area contributed by atoms with Crippen molar-refractivity contribution in [3.8, 4) is 0 Å². The Hall–Kier alpha value is -2.52. The first kappa shape index (κ1) is 20.8. The molecule has 0 spiro atoms. The van der Waals surface area contributed by atoms with Gasteiger partial charge in [0.15, 0.2) is 0 Å². The molecular weight excluding hydrogens is 350 g/mol. The lowest BCUT2D eigenvalue weighted by molar-refractivity contribution is -0.384. The number of likely N-dealkylation sites (N-methyl/N-ethyl adjacent to an activating group) is 1. The fourth-order valence-electron chi connectivity index (χ4n) is 2.95. The van der Waals surface area contributed by atoms with Crippen molar-refractivity contribution in [2.45, 2.75) is 13.3 Å². The largest absolute Gasteiger partial charge is 0.355 e. The first-order valence-electron chi connectivity index (χ1n) is 9.23. The van der Waals surface area contributed by atoms with E-state index in [0.717, 1.165) is 45.7 Å². The number of carbonyl (C=O) groups is 2. The molecule has 0 aromatic heterocycles. The van der Waals surface area contributed by atoms with Crippen LogP contribution in [0.5, 0.6) is 0 Å². The molecule has 9 heteroatoms. The Bertz CT molecular complexity index is 659. The summed E-state index contributed by atoms with van der Waals surface area (Å²) in [6, 6.07) is 5.41. The van der Waals surface area contributed by atoms with E-state index in [9.17, 15) is 19.7 Å². The van der Waals surface area contributed by atoms with E-state index in [2.05, 4.69) is 27.4 Å². The molecule has 0 radical (unpaired) electrons. The number of amides is 2. The Kier molecular flexibility index (Phi) is 8.15. The van der Waals surface area contributed by atoms with Crippen molar-refractivity contribution in [3.63, 3.8) is 0 Å². The van der Waals surface area contributed by atoms with Crippen LogP contribution < -0.4 is 10.6 Å². The zero-order chi connectivity index (χ0) is 19.6. The van der Waals surface area contributed by atoms with Crippen LogP contribution in [0.2, 0.25) is 0 Å². The van der Waals surface area contributed by atoms with Gasteiger partial charge in [-0.1, -0.05) is 13.0 Å². The van der Waals surface area contributed by atoms with Gasteiger partial charge in [-0.05, 0) is 25.6 Å². The monoisotopic (exact) mass is 377 g/mol. The van der Waals surface area contributed by atoms with Crippen molar-refractivity contribution in [2.75, 3.05) is 52.4 Å². The third-order valence-corrected chi connectivity index (χ3v) is 4.61. The maximum atomic E-state index is 12.0. The Morgan fingerprint density at radius 3 is 2.52 bits per heavy atom. The molecule has 148 valence electrons. The minimum Gasteiger partial charge on any atom is -0.355 e. The fourth-order valence-corrected chi connectivity index (χ4v) is 2.95. The molecule has 0 saturated carbocycles. The molecule has 1 heterocycles. The molecular formula is C18H27N5O4. The van der Waals surface area contributed by atoms with Crippen LogP contribution in [0.4, 0.5) is 5.69 Å². The average molecular weight is 377 g/mol. The Morgan fingerprint density at radius 1 is 1.15 bits per heavy atom. The summed E-state index contributed by atoms with van der Waals surface area (Å²) in [7, 11) is 0. The number of carbonyl (C=O) groups excluding carboxylic acids is 2. The number of hydrogen-bond donors (Lipinski definition) is 2. The van der Waals surface area contributed by atoms with E-state index in [1.54, 1.807) is 0 Å². The first-order valence-corrected chi connectivity index (χ1v) is 9.23. The van der Waals surface area contributed by atoms with Gasteiger partial charge in [-0.2, -0.15) is 0 Å². The van der Waals surface area contributed by atoms with E-state index < -0.39 is 10.8 Å². The van der Waals surface area contributed by atoms with E-state index in [-0.39, 0.29) is 23.7 Å². The number of hydrogen-bond acceptors (Lipinski definition) is 6. The minimum atomic E-state index is -0.564. The van der Waals surface area contributed by atoms with Crippen molar-refractivity contribution in [1.29, 1.82) is 0 Å². The lowest BCUT2D eigenvalue weighted by Gasteiger charge is -2.33. The third kappa shape index (κ3) is 6.95. The van der Waals surface area contributed by atoms with Crippen LogP contribution in [0, 0.1) is 10.1 Å². The van der Waals surface area contributed by atoms with E-state index in [0.29, 0.717) is 6.54 Å². The van der Waals surface area contributed by atoms with Gasteiger partial charge in [0.1, 0.15) is 0 Å². The number of nitrogens with one attached hydrogen (secondary N) is 2. The average Bonchev–Trinajstić information content (AvgIpc) is 2.70. The lowest BCUT2D eigenvalue weighted by atomic mass is 10.2. The maximum absolute atomic E-state index is 12.0. The second-order valence-electron chi connectivity index (χ2n) is 6.47. The number of nitrogens with zero attached hydrogens (tertiary/aromatic N) is 3. The van der Waals surface area contributed by atoms with Gasteiger partial charge in [-0.15, -0.1) is 0 Å². The third-order valence-electron chi connectivity index (χ3n) is 4.61. The van der Waals surface area contributed by atoms with Crippen LogP contribution in [-0.4, -0.2) is 78.9 Å². The highest BCUT2D eigenvalue weighted by atomic mass is 16.6. The lowest BCUT2D eigenvalue weighted by Crippen LogP contribution is -2.46. The van der Waals surface area contributed by atoms with Gasteiger partial charge in [-0.25, -0.2) is 0 Å². The molecule has 2 rings (SSSR count). The summed E-state index contributed by atoms with van der Waals surface area (Å²) in [5, 5.41) is 16.0. The zero-order valence-corrected chi connectivity index (χ0v) is 15.6. The Labute approximate surface area is 158 Å². The predicted molar refractivity (Wildman–Crippen MR) is 102 cm³/mol. The molecule has 0 bridgehead atoms. The van der Waals surface area contributed by atoms with Crippen LogP contribution in [0.25, 0.3) is 0 Å². The summed E-state index contributed by atoms with van der Waals surface area (Å²) in [6.07, 6.45) is 0.858. The second kappa shape index (κ2) is 10.6. The van der Waals surface area contributed by atoms with Crippen LogP contribution >= 0.6 is 0 Å². The summed E-state index contributed by atoms with van der Waals surface area (Å²) in [5.41, 5.74) is -0.00454. The van der Waals surface area contributed by atoms with E-state index in [4.69, 9.17) is 0 Å². The van der Waals surface area contributed by atoms with Crippen molar-refractivity contribution in [3.05, 3.63) is 39.9 Å². The topological polar surface area (TPSA) is 108 Å². The van der Waals surface area contributed by atoms with Crippen molar-refractivity contribution >= 4 is 17.5 Å². The predicted octanol–water partition coefficient (Wildman–Crippen LogP) is 0.468. The van der Waals surface area contributed by atoms with Crippen molar-refractivity contribution < 1.29 is 14.5 Å². The number of benzene rings is 1. The summed E-state index contributed by atoms with van der Waals surface area (Å²) in [5.74, 6) is -0.785. The molecule has 27 heavy (non-hydrogen) atoms. The SMILES string of the molecule is CCN1CCN(CCCNC(=O)CNC(=O)c2cccc([N+](=O)[O-])c2)CC1. The van der Waals surface area contributed by atoms with Gasteiger partial charge in [0.25, 0.3) is 11.6 Å². The molecule has 1 aliphatic heterocycles. The molecule has 2 N–H and O–H groups in total. The number of nitro groups is 1. The van der Waals surface area contributed by atoms with Gasteiger partial charge in [-0.3, -0.25) is 19.7 Å². The molecule has 0 aliphatic carbocycles. The molecule has 1 aliphatic rings. The van der Waals surface area contributed by atoms with Crippen LogP contribution in [-0.2, 0) is 4.79 Å². The zero-order valence-electron chi connectivity index (χ0n) is 15.6. The van der Waals surface area contributed by atoms with E-state index >= 15 is 0 Å². The van der Waals surface area contributed by atoms with Crippen molar-refractivity contribution in [1.82, 2.24) is 20.4 Å². The highest BCUT2D eigenvalue weighted by Gasteiger charge is 2.15. The standard InChI is InChI=1S/C18H27N5O4/c1-2-21-9-11-22(12-10-21)8-4-7-19-17(24)14-20-18(25)15-5-3-6-16(13-15)23(26)27/h3,5-6,13H,2,4,7-12,14H2,1H3,(H,19,24)(H,20,25). The van der Waals surface area contributed by atoms with Crippen LogP contribution in [0.3, 0.4) is 0 Å². The van der Waals surface area contributed by atoms with Crippen molar-refractivity contribution in [2.24, 2.45) is 0 Å². The number of nitro benzene ring substituents is 1. The number of rotatable bonds is 9. The first-order chi connectivity index (χ1) is 13.0. The molecule has 1 aromatic carbocycles. The highest BCUT2D eigenvalue weighted by Crippen LogP contribution is 2.12. The van der Waals surface area contributed by atoms with E-state index in [1.165, 1.54) is 24.3 Å². The molecule has 0 atom stereocenters. The normalized spacial score (nSPS) is 15.3. The molecule has 1 fully saturated rings. The van der Waals surface area contributed by atoms with Gasteiger partial charge >= 0.3 is 0 Å². The van der Waals surface area contributed by atoms with Gasteiger partial charge in [0.05, 0.1) is 11.5 Å².